The maximum absolute atomic E-state index is 13.5. The molecule has 0 amide bonds. The van der Waals surface area contributed by atoms with E-state index in [0.29, 0.717) is 35.2 Å². The standard InChI is InChI=1S/C19H22FN5O2S/c1-13-8-17(26-3)18(27-4)9-14(13)11-23(2)12-24-19(28)25(22-21-24)16-7-5-6-15(20)10-16/h5-10H,11-12H2,1-4H3. The fourth-order valence-corrected chi connectivity index (χ4v) is 3.13. The highest BCUT2D eigenvalue weighted by atomic mass is 32.1. The molecule has 0 spiro atoms. The summed E-state index contributed by atoms with van der Waals surface area (Å²) in [6.07, 6.45) is 0. The van der Waals surface area contributed by atoms with E-state index in [1.807, 2.05) is 26.1 Å². The van der Waals surface area contributed by atoms with Crippen LogP contribution in [0.3, 0.4) is 0 Å². The van der Waals surface area contributed by atoms with Crippen molar-refractivity contribution in [2.45, 2.75) is 20.1 Å². The van der Waals surface area contributed by atoms with Gasteiger partial charge in [-0.3, -0.25) is 4.90 Å². The topological polar surface area (TPSA) is 57.3 Å². The molecule has 148 valence electrons. The lowest BCUT2D eigenvalue weighted by Gasteiger charge is -2.19. The number of tetrazole rings is 1. The molecule has 0 N–H and O–H groups in total. The number of methoxy groups -OCH3 is 2. The molecule has 0 atom stereocenters. The molecule has 3 rings (SSSR count). The van der Waals surface area contributed by atoms with Gasteiger partial charge in [-0.05, 0) is 78.1 Å². The molecule has 1 aromatic heterocycles. The second kappa shape index (κ2) is 8.49. The zero-order chi connectivity index (χ0) is 20.3. The van der Waals surface area contributed by atoms with Crippen molar-refractivity contribution in [2.75, 3.05) is 21.3 Å². The Hall–Kier alpha value is -2.78. The molecular weight excluding hydrogens is 381 g/mol. The van der Waals surface area contributed by atoms with Crippen molar-refractivity contribution in [1.82, 2.24) is 24.7 Å². The molecule has 3 aromatic rings. The minimum absolute atomic E-state index is 0.352. The first-order chi connectivity index (χ1) is 13.4. The minimum atomic E-state index is -0.352. The second-order valence-corrected chi connectivity index (χ2v) is 6.81. The quantitative estimate of drug-likeness (QED) is 0.564. The average Bonchev–Trinajstić information content (AvgIpc) is 3.03. The third kappa shape index (κ3) is 4.20. The van der Waals surface area contributed by atoms with E-state index in [4.69, 9.17) is 21.7 Å². The van der Waals surface area contributed by atoms with Gasteiger partial charge in [0.2, 0.25) is 4.77 Å². The number of hydrogen-bond donors (Lipinski definition) is 0. The van der Waals surface area contributed by atoms with Gasteiger partial charge in [0.1, 0.15) is 5.82 Å². The number of hydrogen-bond acceptors (Lipinski definition) is 6. The summed E-state index contributed by atoms with van der Waals surface area (Å²) in [6.45, 7) is 3.11. The average molecular weight is 403 g/mol. The lowest BCUT2D eigenvalue weighted by molar-refractivity contribution is 0.241. The van der Waals surface area contributed by atoms with E-state index in [1.54, 1.807) is 31.0 Å². The maximum atomic E-state index is 13.5. The van der Waals surface area contributed by atoms with Crippen molar-refractivity contribution in [2.24, 2.45) is 0 Å². The van der Waals surface area contributed by atoms with Crippen LogP contribution in [0.15, 0.2) is 36.4 Å². The molecule has 0 aliphatic carbocycles. The van der Waals surface area contributed by atoms with E-state index in [9.17, 15) is 4.39 Å². The SMILES string of the molecule is COc1cc(C)c(CN(C)Cn2nnn(-c3cccc(F)c3)c2=S)cc1OC. The van der Waals surface area contributed by atoms with Crippen molar-refractivity contribution in [3.05, 3.63) is 58.1 Å². The Balaban J connectivity index is 1.78. The van der Waals surface area contributed by atoms with Crippen molar-refractivity contribution in [3.63, 3.8) is 0 Å². The third-order valence-corrected chi connectivity index (χ3v) is 4.73. The summed E-state index contributed by atoms with van der Waals surface area (Å²) in [7, 11) is 5.19. The van der Waals surface area contributed by atoms with Crippen LogP contribution in [0.25, 0.3) is 5.69 Å². The first-order valence-electron chi connectivity index (χ1n) is 8.61. The Kier molecular flexibility index (Phi) is 6.05. The summed E-state index contributed by atoms with van der Waals surface area (Å²) in [4.78, 5) is 2.05. The molecule has 2 aromatic carbocycles. The van der Waals surface area contributed by atoms with Crippen LogP contribution < -0.4 is 9.47 Å². The summed E-state index contributed by atoms with van der Waals surface area (Å²) >= 11 is 5.45. The Morgan fingerprint density at radius 3 is 2.50 bits per heavy atom. The molecule has 0 bridgehead atoms. The predicted molar refractivity (Wildman–Crippen MR) is 106 cm³/mol. The lowest BCUT2D eigenvalue weighted by Crippen LogP contribution is -2.23. The van der Waals surface area contributed by atoms with Crippen LogP contribution in [0, 0.1) is 17.5 Å². The van der Waals surface area contributed by atoms with Gasteiger partial charge < -0.3 is 9.47 Å². The lowest BCUT2D eigenvalue weighted by atomic mass is 10.1. The molecular formula is C19H22FN5O2S. The highest BCUT2D eigenvalue weighted by molar-refractivity contribution is 7.71. The summed E-state index contributed by atoms with van der Waals surface area (Å²) in [6, 6.07) is 10.00. The summed E-state index contributed by atoms with van der Waals surface area (Å²) in [5, 5.41) is 8.15. The van der Waals surface area contributed by atoms with Gasteiger partial charge in [0.05, 0.1) is 26.6 Å². The fraction of sp³-hybridized carbons (Fsp3) is 0.316. The molecule has 7 nitrogen and oxygen atoms in total. The molecule has 0 saturated heterocycles. The van der Waals surface area contributed by atoms with Gasteiger partial charge in [-0.25, -0.2) is 9.07 Å². The third-order valence-electron chi connectivity index (χ3n) is 4.35. The van der Waals surface area contributed by atoms with Gasteiger partial charge in [-0.15, -0.1) is 0 Å². The summed E-state index contributed by atoms with van der Waals surface area (Å²) in [5.41, 5.74) is 2.73. The van der Waals surface area contributed by atoms with Gasteiger partial charge in [0.25, 0.3) is 0 Å². The zero-order valence-corrected chi connectivity index (χ0v) is 17.0. The van der Waals surface area contributed by atoms with Crippen molar-refractivity contribution >= 4 is 12.2 Å². The van der Waals surface area contributed by atoms with Crippen molar-refractivity contribution < 1.29 is 13.9 Å². The molecule has 9 heteroatoms. The van der Waals surface area contributed by atoms with E-state index >= 15 is 0 Å². The first-order valence-corrected chi connectivity index (χ1v) is 9.02. The van der Waals surface area contributed by atoms with Gasteiger partial charge >= 0.3 is 0 Å². The smallest absolute Gasteiger partial charge is 0.221 e. The van der Waals surface area contributed by atoms with E-state index in [2.05, 4.69) is 15.3 Å². The van der Waals surface area contributed by atoms with E-state index in [-0.39, 0.29) is 5.82 Å². The van der Waals surface area contributed by atoms with E-state index in [0.717, 1.165) is 11.1 Å². The van der Waals surface area contributed by atoms with Crippen LogP contribution in [-0.4, -0.2) is 46.0 Å². The van der Waals surface area contributed by atoms with Crippen LogP contribution in [0.1, 0.15) is 11.1 Å². The van der Waals surface area contributed by atoms with E-state index < -0.39 is 0 Å². The normalized spacial score (nSPS) is 11.1. The van der Waals surface area contributed by atoms with Gasteiger partial charge in [0, 0.05) is 6.54 Å². The largest absolute Gasteiger partial charge is 0.493 e. The highest BCUT2D eigenvalue weighted by Crippen LogP contribution is 2.30. The monoisotopic (exact) mass is 403 g/mol. The Labute approximate surface area is 167 Å². The Morgan fingerprint density at radius 1 is 1.11 bits per heavy atom. The number of ether oxygens (including phenoxy) is 2. The van der Waals surface area contributed by atoms with Gasteiger partial charge in [-0.2, -0.15) is 4.68 Å². The van der Waals surface area contributed by atoms with Gasteiger partial charge in [0.15, 0.2) is 11.5 Å². The number of aryl methyl sites for hydroxylation is 1. The van der Waals surface area contributed by atoms with Crippen molar-refractivity contribution in [3.8, 4) is 17.2 Å². The molecule has 1 heterocycles. The zero-order valence-electron chi connectivity index (χ0n) is 16.2. The molecule has 0 unspecified atom stereocenters. The Bertz CT molecular complexity index is 1030. The maximum Gasteiger partial charge on any atom is 0.221 e. The molecule has 0 radical (unpaired) electrons. The number of aromatic nitrogens is 4. The highest BCUT2D eigenvalue weighted by Gasteiger charge is 2.12. The van der Waals surface area contributed by atoms with Crippen LogP contribution >= 0.6 is 12.2 Å². The molecule has 0 aliphatic rings. The van der Waals surface area contributed by atoms with Crippen LogP contribution in [0.4, 0.5) is 4.39 Å². The summed E-state index contributed by atoms with van der Waals surface area (Å²) in [5.74, 6) is 1.03. The van der Waals surface area contributed by atoms with Crippen LogP contribution in [-0.2, 0) is 13.2 Å². The van der Waals surface area contributed by atoms with E-state index in [1.165, 1.54) is 16.8 Å². The Morgan fingerprint density at radius 2 is 1.82 bits per heavy atom. The first kappa shape index (κ1) is 20.0. The molecule has 28 heavy (non-hydrogen) atoms. The molecule has 0 aliphatic heterocycles. The van der Waals surface area contributed by atoms with Crippen LogP contribution in [0.2, 0.25) is 0 Å². The predicted octanol–water partition coefficient (Wildman–Crippen LogP) is 3.35. The van der Waals surface area contributed by atoms with Gasteiger partial charge in [-0.1, -0.05) is 6.07 Å². The fourth-order valence-electron chi connectivity index (χ4n) is 2.90. The van der Waals surface area contributed by atoms with Crippen LogP contribution in [0.5, 0.6) is 11.5 Å². The minimum Gasteiger partial charge on any atom is -0.493 e. The summed E-state index contributed by atoms with van der Waals surface area (Å²) < 4.78 is 27.6. The number of benzene rings is 2. The molecule has 0 fully saturated rings. The van der Waals surface area contributed by atoms with Crippen molar-refractivity contribution in [1.29, 1.82) is 0 Å². The second-order valence-electron chi connectivity index (χ2n) is 6.44. The number of rotatable bonds is 7. The molecule has 0 saturated carbocycles. The number of nitrogens with zero attached hydrogens (tertiary/aromatic N) is 5. The number of halogens is 1.